The average Bonchev–Trinajstić information content (AvgIpc) is 3.31. The standard InChI is InChI=1S/C17H24N3O2P.C5H10/c1-4-15(22-17(23)9-18)11(2)20-16-8-13-7-14(21-3)6-5-12(13)10-19-16;1-2-4-5-3-1/h5-8,10,17H,4,9,18,23H2,1-3H3,(H,19,20);1-5H2. The highest BCUT2D eigenvalue weighted by Crippen LogP contribution is 2.24. The molecule has 0 bridgehead atoms. The summed E-state index contributed by atoms with van der Waals surface area (Å²) in [7, 11) is 4.26. The van der Waals surface area contributed by atoms with E-state index in [0.717, 1.165) is 40.2 Å². The molecular formula is C22H34N3O2P. The van der Waals surface area contributed by atoms with Crippen LogP contribution >= 0.6 is 9.24 Å². The molecule has 0 amide bonds. The molecule has 154 valence electrons. The first-order valence-electron chi connectivity index (χ1n) is 10.1. The van der Waals surface area contributed by atoms with Gasteiger partial charge in [-0.3, -0.25) is 0 Å². The summed E-state index contributed by atoms with van der Waals surface area (Å²) in [5, 5.41) is 5.44. The summed E-state index contributed by atoms with van der Waals surface area (Å²) in [6.45, 7) is 4.48. The normalized spacial score (nSPS) is 15.3. The van der Waals surface area contributed by atoms with Crippen LogP contribution in [-0.4, -0.2) is 24.5 Å². The third kappa shape index (κ3) is 6.96. The Balaban J connectivity index is 0.000000485. The van der Waals surface area contributed by atoms with Crippen LogP contribution < -0.4 is 15.8 Å². The molecule has 2 aromatic rings. The second kappa shape index (κ2) is 11.9. The van der Waals surface area contributed by atoms with Crippen LogP contribution in [-0.2, 0) is 4.74 Å². The van der Waals surface area contributed by atoms with Gasteiger partial charge in [-0.2, -0.15) is 0 Å². The number of hydrogen-bond acceptors (Lipinski definition) is 5. The lowest BCUT2D eigenvalue weighted by molar-refractivity contribution is 0.182. The molecule has 6 heteroatoms. The number of benzene rings is 1. The van der Waals surface area contributed by atoms with Crippen LogP contribution in [0.1, 0.15) is 52.4 Å². The lowest BCUT2D eigenvalue weighted by Crippen LogP contribution is -2.18. The molecule has 2 atom stereocenters. The molecule has 0 aliphatic heterocycles. The Kier molecular flexibility index (Phi) is 9.52. The van der Waals surface area contributed by atoms with Gasteiger partial charge in [-0.15, -0.1) is 0 Å². The second-order valence-corrected chi connectivity index (χ2v) is 7.71. The first-order chi connectivity index (χ1) is 13.6. The van der Waals surface area contributed by atoms with E-state index < -0.39 is 0 Å². The fraction of sp³-hybridized carbons (Fsp3) is 0.500. The van der Waals surface area contributed by atoms with Gasteiger partial charge >= 0.3 is 0 Å². The van der Waals surface area contributed by atoms with Gasteiger partial charge in [0.05, 0.1) is 12.8 Å². The monoisotopic (exact) mass is 403 g/mol. The van der Waals surface area contributed by atoms with Crippen molar-refractivity contribution in [3.8, 4) is 5.75 Å². The molecule has 1 saturated carbocycles. The third-order valence-electron chi connectivity index (χ3n) is 4.76. The van der Waals surface area contributed by atoms with Crippen LogP contribution in [0, 0.1) is 0 Å². The van der Waals surface area contributed by atoms with Gasteiger partial charge in [-0.1, -0.05) is 48.3 Å². The van der Waals surface area contributed by atoms with E-state index in [4.69, 9.17) is 15.2 Å². The summed E-state index contributed by atoms with van der Waals surface area (Å²) < 4.78 is 11.1. The minimum absolute atomic E-state index is 0.0875. The molecule has 1 aliphatic carbocycles. The average molecular weight is 404 g/mol. The number of nitrogens with one attached hydrogen (secondary N) is 1. The number of hydrogen-bond donors (Lipinski definition) is 2. The summed E-state index contributed by atoms with van der Waals surface area (Å²) in [5.41, 5.74) is 6.54. The van der Waals surface area contributed by atoms with Gasteiger partial charge in [0.15, 0.2) is 0 Å². The lowest BCUT2D eigenvalue weighted by atomic mass is 10.1. The molecule has 1 aliphatic rings. The van der Waals surface area contributed by atoms with Crippen molar-refractivity contribution in [3.63, 3.8) is 0 Å². The number of allylic oxidation sites excluding steroid dienone is 2. The molecule has 1 fully saturated rings. The Morgan fingerprint density at radius 2 is 1.86 bits per heavy atom. The van der Waals surface area contributed by atoms with E-state index in [2.05, 4.69) is 19.5 Å². The number of fused-ring (bicyclic) bond motifs is 1. The van der Waals surface area contributed by atoms with Gasteiger partial charge in [0, 0.05) is 24.5 Å². The molecule has 1 aromatic heterocycles. The summed E-state index contributed by atoms with van der Waals surface area (Å²) in [4.78, 5) is 4.45. The largest absolute Gasteiger partial charge is 0.497 e. The van der Waals surface area contributed by atoms with Crippen LogP contribution in [0.4, 0.5) is 5.82 Å². The van der Waals surface area contributed by atoms with Crippen molar-refractivity contribution in [1.29, 1.82) is 0 Å². The maximum absolute atomic E-state index is 5.81. The number of nitrogens with two attached hydrogens (primary N) is 1. The van der Waals surface area contributed by atoms with Crippen molar-refractivity contribution in [2.24, 2.45) is 5.73 Å². The lowest BCUT2D eigenvalue weighted by Gasteiger charge is -2.18. The van der Waals surface area contributed by atoms with Gasteiger partial charge in [0.2, 0.25) is 0 Å². The molecule has 1 heterocycles. The SMILES string of the molecule is C1CCCC1.CCC(OC(P)CN)=C(C)Nc1cc2cc(OC)ccc2cn1. The van der Waals surface area contributed by atoms with Crippen LogP contribution in [0.5, 0.6) is 5.75 Å². The van der Waals surface area contributed by atoms with Crippen LogP contribution in [0.3, 0.4) is 0 Å². The molecule has 3 N–H and O–H groups in total. The maximum atomic E-state index is 5.81. The van der Waals surface area contributed by atoms with E-state index in [1.54, 1.807) is 7.11 Å². The Morgan fingerprint density at radius 3 is 2.43 bits per heavy atom. The Hall–Kier alpha value is -1.84. The van der Waals surface area contributed by atoms with Crippen molar-refractivity contribution in [1.82, 2.24) is 4.98 Å². The number of nitrogens with zero attached hydrogens (tertiary/aromatic N) is 1. The predicted octanol–water partition coefficient (Wildman–Crippen LogP) is 5.42. The Morgan fingerprint density at radius 1 is 1.18 bits per heavy atom. The minimum atomic E-state index is -0.0875. The molecule has 1 aromatic carbocycles. The number of methoxy groups -OCH3 is 1. The van der Waals surface area contributed by atoms with E-state index in [0.29, 0.717) is 6.54 Å². The van der Waals surface area contributed by atoms with Crippen LogP contribution in [0.25, 0.3) is 10.8 Å². The van der Waals surface area contributed by atoms with E-state index in [1.165, 1.54) is 32.1 Å². The van der Waals surface area contributed by atoms with Gasteiger partial charge in [-0.05, 0) is 36.6 Å². The highest BCUT2D eigenvalue weighted by atomic mass is 31.0. The summed E-state index contributed by atoms with van der Waals surface area (Å²) in [6, 6.07) is 7.91. The molecule has 3 rings (SSSR count). The van der Waals surface area contributed by atoms with E-state index in [-0.39, 0.29) is 5.85 Å². The van der Waals surface area contributed by atoms with Crippen LogP contribution in [0.15, 0.2) is 41.9 Å². The highest BCUT2D eigenvalue weighted by molar-refractivity contribution is 7.17. The first kappa shape index (κ1) is 22.4. The molecule has 5 nitrogen and oxygen atoms in total. The molecule has 2 unspecified atom stereocenters. The quantitative estimate of drug-likeness (QED) is 0.477. The van der Waals surface area contributed by atoms with Crippen molar-refractivity contribution in [2.75, 3.05) is 19.0 Å². The second-order valence-electron chi connectivity index (χ2n) is 6.97. The van der Waals surface area contributed by atoms with E-state index >= 15 is 0 Å². The zero-order chi connectivity index (χ0) is 20.4. The molecule has 28 heavy (non-hydrogen) atoms. The fourth-order valence-corrected chi connectivity index (χ4v) is 3.29. The van der Waals surface area contributed by atoms with Gasteiger partial charge in [0.25, 0.3) is 0 Å². The Labute approximate surface area is 171 Å². The third-order valence-corrected chi connectivity index (χ3v) is 5.17. The molecule has 0 spiro atoms. The molecular weight excluding hydrogens is 369 g/mol. The van der Waals surface area contributed by atoms with Crippen molar-refractivity contribution >= 4 is 25.8 Å². The van der Waals surface area contributed by atoms with Gasteiger partial charge in [0.1, 0.15) is 23.2 Å². The summed E-state index contributed by atoms with van der Waals surface area (Å²) in [5.74, 6) is 2.39. The minimum Gasteiger partial charge on any atom is -0.497 e. The summed E-state index contributed by atoms with van der Waals surface area (Å²) in [6.07, 6.45) is 10.1. The number of ether oxygens (including phenoxy) is 2. The number of anilines is 1. The maximum Gasteiger partial charge on any atom is 0.130 e. The van der Waals surface area contributed by atoms with Crippen molar-refractivity contribution < 1.29 is 9.47 Å². The van der Waals surface area contributed by atoms with Crippen molar-refractivity contribution in [2.45, 2.75) is 58.2 Å². The van der Waals surface area contributed by atoms with Crippen molar-refractivity contribution in [3.05, 3.63) is 41.9 Å². The molecule has 0 saturated heterocycles. The van der Waals surface area contributed by atoms with Gasteiger partial charge in [-0.25, -0.2) is 4.98 Å². The number of pyridine rings is 1. The zero-order valence-electron chi connectivity index (χ0n) is 17.3. The smallest absolute Gasteiger partial charge is 0.130 e. The highest BCUT2D eigenvalue weighted by Gasteiger charge is 2.08. The molecule has 0 radical (unpaired) electrons. The van der Waals surface area contributed by atoms with Crippen LogP contribution in [0.2, 0.25) is 0 Å². The predicted molar refractivity (Wildman–Crippen MR) is 122 cm³/mol. The fourth-order valence-electron chi connectivity index (χ4n) is 3.13. The van der Waals surface area contributed by atoms with E-state index in [9.17, 15) is 0 Å². The Bertz CT molecular complexity index is 768. The van der Waals surface area contributed by atoms with Gasteiger partial charge < -0.3 is 20.5 Å². The zero-order valence-corrected chi connectivity index (χ0v) is 18.5. The number of aromatic nitrogens is 1. The topological polar surface area (TPSA) is 69.4 Å². The van der Waals surface area contributed by atoms with E-state index in [1.807, 2.05) is 44.3 Å². The number of rotatable bonds is 7. The summed E-state index contributed by atoms with van der Waals surface area (Å²) >= 11 is 0. The first-order valence-corrected chi connectivity index (χ1v) is 10.8.